The SMILES string of the molecule is CCC(C)(C(NN)C1=CCCCCC1)N1CCOCC1. The minimum Gasteiger partial charge on any atom is -0.379 e. The first kappa shape index (κ1) is 16.0. The van der Waals surface area contributed by atoms with Crippen molar-refractivity contribution >= 4 is 0 Å². The van der Waals surface area contributed by atoms with Crippen molar-refractivity contribution < 1.29 is 4.74 Å². The van der Waals surface area contributed by atoms with Gasteiger partial charge in [0.05, 0.1) is 19.3 Å². The van der Waals surface area contributed by atoms with E-state index < -0.39 is 0 Å². The Bertz CT molecular complexity index is 326. The van der Waals surface area contributed by atoms with E-state index in [1.807, 2.05) is 0 Å². The molecule has 3 N–H and O–H groups in total. The molecular formula is C16H31N3O. The zero-order valence-corrected chi connectivity index (χ0v) is 13.2. The summed E-state index contributed by atoms with van der Waals surface area (Å²) < 4.78 is 5.51. The molecular weight excluding hydrogens is 250 g/mol. The minimum absolute atomic E-state index is 0.0781. The molecule has 1 aliphatic carbocycles. The lowest BCUT2D eigenvalue weighted by Crippen LogP contribution is -2.63. The Balaban J connectivity index is 2.18. The van der Waals surface area contributed by atoms with Crippen LogP contribution in [0.5, 0.6) is 0 Å². The molecule has 2 rings (SSSR count). The van der Waals surface area contributed by atoms with Crippen molar-refractivity contribution in [2.75, 3.05) is 26.3 Å². The number of ether oxygens (including phenoxy) is 1. The van der Waals surface area contributed by atoms with E-state index in [0.29, 0.717) is 0 Å². The van der Waals surface area contributed by atoms with Crippen molar-refractivity contribution in [2.24, 2.45) is 5.84 Å². The third kappa shape index (κ3) is 3.42. The Morgan fingerprint density at radius 3 is 2.75 bits per heavy atom. The predicted molar refractivity (Wildman–Crippen MR) is 83.4 cm³/mol. The summed E-state index contributed by atoms with van der Waals surface area (Å²) in [5.41, 5.74) is 4.73. The lowest BCUT2D eigenvalue weighted by Gasteiger charge is -2.48. The predicted octanol–water partition coefficient (Wildman–Crippen LogP) is 2.21. The van der Waals surface area contributed by atoms with Gasteiger partial charge in [0, 0.05) is 18.6 Å². The van der Waals surface area contributed by atoms with Crippen molar-refractivity contribution in [3.63, 3.8) is 0 Å². The van der Waals surface area contributed by atoms with Gasteiger partial charge in [-0.25, -0.2) is 0 Å². The molecule has 1 heterocycles. The van der Waals surface area contributed by atoms with Gasteiger partial charge < -0.3 is 4.74 Å². The van der Waals surface area contributed by atoms with Crippen LogP contribution in [0.2, 0.25) is 0 Å². The third-order valence-corrected chi connectivity index (χ3v) is 5.18. The summed E-state index contributed by atoms with van der Waals surface area (Å²) in [6.45, 7) is 8.33. The van der Waals surface area contributed by atoms with Crippen LogP contribution >= 0.6 is 0 Å². The summed E-state index contributed by atoms with van der Waals surface area (Å²) in [6, 6.07) is 0.253. The van der Waals surface area contributed by atoms with Gasteiger partial charge in [0.2, 0.25) is 0 Å². The number of morpholine rings is 1. The average Bonchev–Trinajstić information content (AvgIpc) is 2.78. The molecule has 2 atom stereocenters. The number of rotatable bonds is 5. The Hall–Kier alpha value is -0.420. The molecule has 0 amide bonds. The van der Waals surface area contributed by atoms with Gasteiger partial charge >= 0.3 is 0 Å². The fraction of sp³-hybridized carbons (Fsp3) is 0.875. The third-order valence-electron chi connectivity index (χ3n) is 5.18. The largest absolute Gasteiger partial charge is 0.379 e. The van der Waals surface area contributed by atoms with Crippen molar-refractivity contribution in [2.45, 2.75) is 64.0 Å². The lowest BCUT2D eigenvalue weighted by atomic mass is 9.81. The molecule has 0 bridgehead atoms. The number of nitrogens with two attached hydrogens (primary N) is 1. The molecule has 0 spiro atoms. The molecule has 116 valence electrons. The van der Waals surface area contributed by atoms with Crippen LogP contribution in [0, 0.1) is 0 Å². The molecule has 0 aromatic carbocycles. The highest BCUT2D eigenvalue weighted by Crippen LogP contribution is 2.32. The van der Waals surface area contributed by atoms with Crippen LogP contribution in [-0.4, -0.2) is 42.8 Å². The fourth-order valence-electron chi connectivity index (χ4n) is 3.67. The second kappa shape index (κ2) is 7.55. The normalized spacial score (nSPS) is 26.4. The highest BCUT2D eigenvalue weighted by Gasteiger charge is 2.40. The summed E-state index contributed by atoms with van der Waals surface area (Å²) in [5, 5.41) is 0. The van der Waals surface area contributed by atoms with Gasteiger partial charge in [-0.05, 0) is 39.0 Å². The second-order valence-corrected chi connectivity index (χ2v) is 6.29. The van der Waals surface area contributed by atoms with E-state index in [2.05, 4.69) is 30.2 Å². The first-order chi connectivity index (χ1) is 9.72. The quantitative estimate of drug-likeness (QED) is 0.461. The van der Waals surface area contributed by atoms with Crippen LogP contribution in [0.15, 0.2) is 11.6 Å². The van der Waals surface area contributed by atoms with Crippen LogP contribution in [0.1, 0.15) is 52.4 Å². The van der Waals surface area contributed by atoms with Crippen LogP contribution in [0.4, 0.5) is 0 Å². The van der Waals surface area contributed by atoms with E-state index in [4.69, 9.17) is 10.6 Å². The van der Waals surface area contributed by atoms with Gasteiger partial charge in [-0.3, -0.25) is 16.2 Å². The molecule has 2 unspecified atom stereocenters. The maximum atomic E-state index is 5.97. The number of nitrogens with zero attached hydrogens (tertiary/aromatic N) is 1. The Morgan fingerprint density at radius 2 is 2.10 bits per heavy atom. The van der Waals surface area contributed by atoms with Crippen LogP contribution < -0.4 is 11.3 Å². The van der Waals surface area contributed by atoms with Crippen molar-refractivity contribution in [3.8, 4) is 0 Å². The smallest absolute Gasteiger partial charge is 0.0601 e. The average molecular weight is 281 g/mol. The molecule has 1 aliphatic heterocycles. The standard InChI is InChI=1S/C16H31N3O/c1-3-16(2,19-10-12-20-13-11-19)15(18-17)14-8-6-4-5-7-9-14/h8,15,18H,3-7,9-13,17H2,1-2H3. The van der Waals surface area contributed by atoms with E-state index in [1.54, 1.807) is 0 Å². The molecule has 1 fully saturated rings. The number of hydrogen-bond donors (Lipinski definition) is 2. The number of hydrogen-bond acceptors (Lipinski definition) is 4. The van der Waals surface area contributed by atoms with Gasteiger partial charge in [-0.15, -0.1) is 0 Å². The second-order valence-electron chi connectivity index (χ2n) is 6.29. The van der Waals surface area contributed by atoms with Gasteiger partial charge in [-0.2, -0.15) is 0 Å². The van der Waals surface area contributed by atoms with Gasteiger partial charge in [0.15, 0.2) is 0 Å². The maximum absolute atomic E-state index is 5.97. The molecule has 20 heavy (non-hydrogen) atoms. The number of nitrogens with one attached hydrogen (secondary N) is 1. The molecule has 2 aliphatic rings. The molecule has 0 aromatic heterocycles. The van der Waals surface area contributed by atoms with E-state index in [1.165, 1.54) is 37.7 Å². The van der Waals surface area contributed by atoms with Crippen molar-refractivity contribution in [1.29, 1.82) is 0 Å². The van der Waals surface area contributed by atoms with E-state index in [9.17, 15) is 0 Å². The monoisotopic (exact) mass is 281 g/mol. The molecule has 4 heteroatoms. The van der Waals surface area contributed by atoms with E-state index in [-0.39, 0.29) is 11.6 Å². The summed E-state index contributed by atoms with van der Waals surface area (Å²) in [7, 11) is 0. The topological polar surface area (TPSA) is 50.5 Å². The first-order valence-corrected chi connectivity index (χ1v) is 8.20. The van der Waals surface area contributed by atoms with Crippen molar-refractivity contribution in [3.05, 3.63) is 11.6 Å². The van der Waals surface area contributed by atoms with Gasteiger partial charge in [0.25, 0.3) is 0 Å². The minimum atomic E-state index is 0.0781. The summed E-state index contributed by atoms with van der Waals surface area (Å²) >= 11 is 0. The summed E-state index contributed by atoms with van der Waals surface area (Å²) in [6.07, 6.45) is 9.89. The van der Waals surface area contributed by atoms with Crippen LogP contribution in [0.3, 0.4) is 0 Å². The summed E-state index contributed by atoms with van der Waals surface area (Å²) in [5.74, 6) is 5.97. The zero-order chi connectivity index (χ0) is 14.4. The highest BCUT2D eigenvalue weighted by atomic mass is 16.5. The van der Waals surface area contributed by atoms with E-state index in [0.717, 1.165) is 32.7 Å². The summed E-state index contributed by atoms with van der Waals surface area (Å²) in [4.78, 5) is 2.56. The Labute approximate surface area is 123 Å². The van der Waals surface area contributed by atoms with Crippen LogP contribution in [0.25, 0.3) is 0 Å². The molecule has 0 aromatic rings. The maximum Gasteiger partial charge on any atom is 0.0601 e. The molecule has 4 nitrogen and oxygen atoms in total. The zero-order valence-electron chi connectivity index (χ0n) is 13.2. The fourth-order valence-corrected chi connectivity index (χ4v) is 3.67. The van der Waals surface area contributed by atoms with Crippen molar-refractivity contribution in [1.82, 2.24) is 10.3 Å². The molecule has 0 radical (unpaired) electrons. The van der Waals surface area contributed by atoms with Gasteiger partial charge in [0.1, 0.15) is 0 Å². The first-order valence-electron chi connectivity index (χ1n) is 8.20. The lowest BCUT2D eigenvalue weighted by molar-refractivity contribution is -0.0279. The van der Waals surface area contributed by atoms with Crippen LogP contribution in [-0.2, 0) is 4.74 Å². The Morgan fingerprint density at radius 1 is 1.35 bits per heavy atom. The van der Waals surface area contributed by atoms with Gasteiger partial charge in [-0.1, -0.05) is 25.0 Å². The molecule has 1 saturated heterocycles. The Kier molecular flexibility index (Phi) is 6.02. The van der Waals surface area contributed by atoms with E-state index >= 15 is 0 Å². The number of allylic oxidation sites excluding steroid dienone is 1. The highest BCUT2D eigenvalue weighted by molar-refractivity contribution is 5.19. The number of hydrazine groups is 1. The molecule has 0 saturated carbocycles.